The fourth-order valence-electron chi connectivity index (χ4n) is 3.79. The summed E-state index contributed by atoms with van der Waals surface area (Å²) in [6, 6.07) is 23.6. The second-order valence-electron chi connectivity index (χ2n) is 7.48. The van der Waals surface area contributed by atoms with Crippen LogP contribution < -0.4 is 0 Å². The number of benzene rings is 4. The van der Waals surface area contributed by atoms with Gasteiger partial charge in [0, 0.05) is 11.1 Å². The smallest absolute Gasteiger partial charge is 0.123 e. The van der Waals surface area contributed by atoms with Crippen LogP contribution in [0.3, 0.4) is 0 Å². The van der Waals surface area contributed by atoms with Crippen molar-refractivity contribution in [3.8, 4) is 22.5 Å². The van der Waals surface area contributed by atoms with Crippen molar-refractivity contribution in [2.45, 2.75) is 0 Å². The van der Waals surface area contributed by atoms with E-state index >= 15 is 0 Å². The molecule has 0 atom stereocenters. The zero-order chi connectivity index (χ0) is 21.7. The lowest BCUT2D eigenvalue weighted by molar-refractivity contribution is 0.627. The largest absolute Gasteiger partial charge is 0.244 e. The number of para-hydroxylation sites is 2. The van der Waals surface area contributed by atoms with Crippen LogP contribution in [0.5, 0.6) is 0 Å². The summed E-state index contributed by atoms with van der Waals surface area (Å²) in [6.07, 6.45) is 0. The van der Waals surface area contributed by atoms with E-state index in [-0.39, 0.29) is 11.6 Å². The number of fused-ring (bicyclic) bond motifs is 3. The first-order chi connectivity index (χ1) is 15.6. The number of halogens is 2. The summed E-state index contributed by atoms with van der Waals surface area (Å²) in [5.74, 6) is -0.669. The first-order valence-electron chi connectivity index (χ1n) is 10.0. The zero-order valence-electron chi connectivity index (χ0n) is 16.6. The maximum absolute atomic E-state index is 13.5. The average Bonchev–Trinajstić information content (AvgIpc) is 2.82. The minimum atomic E-state index is -0.334. The number of hydrogen-bond acceptors (Lipinski definition) is 4. The van der Waals surface area contributed by atoms with Gasteiger partial charge in [-0.05, 0) is 72.8 Å². The molecule has 32 heavy (non-hydrogen) atoms. The fourth-order valence-corrected chi connectivity index (χ4v) is 3.79. The molecule has 0 N–H and O–H groups in total. The van der Waals surface area contributed by atoms with Crippen LogP contribution in [0.1, 0.15) is 0 Å². The zero-order valence-corrected chi connectivity index (χ0v) is 16.6. The molecular weight excluding hydrogens is 406 g/mol. The molecule has 0 aliphatic carbocycles. The lowest BCUT2D eigenvalue weighted by Crippen LogP contribution is -1.97. The van der Waals surface area contributed by atoms with Crippen LogP contribution in [0, 0.1) is 11.6 Å². The second kappa shape index (κ2) is 7.13. The monoisotopic (exact) mass is 420 g/mol. The Balaban J connectivity index is 1.65. The van der Waals surface area contributed by atoms with Crippen LogP contribution in [0.4, 0.5) is 8.78 Å². The van der Waals surface area contributed by atoms with Crippen molar-refractivity contribution in [1.82, 2.24) is 19.9 Å². The third-order valence-electron chi connectivity index (χ3n) is 5.36. The number of hydrogen-bond donors (Lipinski definition) is 0. The highest BCUT2D eigenvalue weighted by Gasteiger charge is 2.15. The molecule has 4 nitrogen and oxygen atoms in total. The molecule has 0 bridgehead atoms. The average molecular weight is 420 g/mol. The topological polar surface area (TPSA) is 51.6 Å². The highest BCUT2D eigenvalue weighted by Crippen LogP contribution is 2.32. The Morgan fingerprint density at radius 3 is 1.19 bits per heavy atom. The number of rotatable bonds is 2. The van der Waals surface area contributed by atoms with Crippen molar-refractivity contribution < 1.29 is 8.78 Å². The molecule has 6 aromatic rings. The number of nitrogens with zero attached hydrogens (tertiary/aromatic N) is 4. The summed E-state index contributed by atoms with van der Waals surface area (Å²) >= 11 is 0. The predicted molar refractivity (Wildman–Crippen MR) is 121 cm³/mol. The molecule has 0 amide bonds. The maximum Gasteiger partial charge on any atom is 0.123 e. The van der Waals surface area contributed by atoms with Gasteiger partial charge in [-0.3, -0.25) is 0 Å². The Hall–Kier alpha value is -4.32. The van der Waals surface area contributed by atoms with Gasteiger partial charge in [0.2, 0.25) is 0 Å². The van der Waals surface area contributed by atoms with E-state index in [0.29, 0.717) is 44.6 Å². The summed E-state index contributed by atoms with van der Waals surface area (Å²) in [4.78, 5) is 19.1. The molecule has 0 unspecified atom stereocenters. The molecular formula is C26H14F2N4. The SMILES string of the molecule is Fc1ccc(-c2nc3cc4nc5ccccc5nc4cc3nc2-c2ccc(F)cc2)cc1. The molecule has 152 valence electrons. The van der Waals surface area contributed by atoms with Gasteiger partial charge in [-0.15, -0.1) is 0 Å². The van der Waals surface area contributed by atoms with E-state index in [1.165, 1.54) is 24.3 Å². The van der Waals surface area contributed by atoms with Gasteiger partial charge in [-0.25, -0.2) is 28.7 Å². The van der Waals surface area contributed by atoms with E-state index in [2.05, 4.69) is 0 Å². The Morgan fingerprint density at radius 2 is 0.781 bits per heavy atom. The quantitative estimate of drug-likeness (QED) is 0.307. The molecule has 4 aromatic carbocycles. The van der Waals surface area contributed by atoms with E-state index in [4.69, 9.17) is 19.9 Å². The van der Waals surface area contributed by atoms with Gasteiger partial charge in [0.05, 0.1) is 44.5 Å². The van der Waals surface area contributed by atoms with Gasteiger partial charge >= 0.3 is 0 Å². The van der Waals surface area contributed by atoms with Crippen molar-refractivity contribution in [2.24, 2.45) is 0 Å². The van der Waals surface area contributed by atoms with Crippen LogP contribution >= 0.6 is 0 Å². The van der Waals surface area contributed by atoms with E-state index in [1.54, 1.807) is 24.3 Å². The summed E-state index contributed by atoms with van der Waals surface area (Å²) in [7, 11) is 0. The van der Waals surface area contributed by atoms with Crippen molar-refractivity contribution in [3.63, 3.8) is 0 Å². The molecule has 0 radical (unpaired) electrons. The van der Waals surface area contributed by atoms with Crippen molar-refractivity contribution in [3.05, 3.63) is 96.6 Å². The molecule has 0 aliphatic heterocycles. The molecule has 6 heteroatoms. The van der Waals surface area contributed by atoms with Crippen LogP contribution in [0.2, 0.25) is 0 Å². The Labute approximate surface area is 181 Å². The van der Waals surface area contributed by atoms with Crippen LogP contribution in [0.25, 0.3) is 55.6 Å². The van der Waals surface area contributed by atoms with Crippen molar-refractivity contribution in [1.29, 1.82) is 0 Å². The summed E-state index contributed by atoms with van der Waals surface area (Å²) in [5, 5.41) is 0. The van der Waals surface area contributed by atoms with Crippen LogP contribution in [-0.4, -0.2) is 19.9 Å². The predicted octanol–water partition coefficient (Wildman–Crippen LogP) is 6.34. The van der Waals surface area contributed by atoms with E-state index in [9.17, 15) is 8.78 Å². The van der Waals surface area contributed by atoms with Gasteiger partial charge in [-0.1, -0.05) is 12.1 Å². The Kier molecular flexibility index (Phi) is 4.11. The Bertz CT molecular complexity index is 1510. The lowest BCUT2D eigenvalue weighted by atomic mass is 10.0. The Morgan fingerprint density at radius 1 is 0.406 bits per heavy atom. The maximum atomic E-state index is 13.5. The highest BCUT2D eigenvalue weighted by molar-refractivity contribution is 5.96. The molecule has 0 aliphatic rings. The second-order valence-corrected chi connectivity index (χ2v) is 7.48. The minimum absolute atomic E-state index is 0.334. The van der Waals surface area contributed by atoms with E-state index in [0.717, 1.165) is 11.0 Å². The molecule has 0 spiro atoms. The molecule has 0 saturated carbocycles. The molecule has 6 rings (SSSR count). The minimum Gasteiger partial charge on any atom is -0.244 e. The highest BCUT2D eigenvalue weighted by atomic mass is 19.1. The van der Waals surface area contributed by atoms with Gasteiger partial charge in [-0.2, -0.15) is 0 Å². The molecule has 2 aromatic heterocycles. The fraction of sp³-hybridized carbons (Fsp3) is 0. The third-order valence-corrected chi connectivity index (χ3v) is 5.36. The van der Waals surface area contributed by atoms with E-state index < -0.39 is 0 Å². The van der Waals surface area contributed by atoms with Crippen molar-refractivity contribution >= 4 is 33.1 Å². The lowest BCUT2D eigenvalue weighted by Gasteiger charge is -2.11. The molecule has 0 saturated heterocycles. The van der Waals surface area contributed by atoms with Crippen LogP contribution in [-0.2, 0) is 0 Å². The van der Waals surface area contributed by atoms with Gasteiger partial charge in [0.15, 0.2) is 0 Å². The first kappa shape index (κ1) is 18.4. The van der Waals surface area contributed by atoms with Gasteiger partial charge < -0.3 is 0 Å². The molecule has 2 heterocycles. The first-order valence-corrected chi connectivity index (χ1v) is 10.0. The summed E-state index contributed by atoms with van der Waals surface area (Å²) in [5.41, 5.74) is 6.90. The van der Waals surface area contributed by atoms with Crippen LogP contribution in [0.15, 0.2) is 84.9 Å². The summed E-state index contributed by atoms with van der Waals surface area (Å²) < 4.78 is 27.1. The third kappa shape index (κ3) is 3.13. The standard InChI is InChI=1S/C26H14F2N4/c27-17-9-5-15(6-10-17)25-26(16-7-11-18(28)12-8-16)32-24-14-22-21(13-23(24)31-25)29-19-3-1-2-4-20(19)30-22/h1-14H. The van der Waals surface area contributed by atoms with Gasteiger partial charge in [0.25, 0.3) is 0 Å². The summed E-state index contributed by atoms with van der Waals surface area (Å²) in [6.45, 7) is 0. The molecule has 0 fully saturated rings. The number of aromatic nitrogens is 4. The normalized spacial score (nSPS) is 11.4. The van der Waals surface area contributed by atoms with Crippen molar-refractivity contribution in [2.75, 3.05) is 0 Å². The van der Waals surface area contributed by atoms with E-state index in [1.807, 2.05) is 36.4 Å². The van der Waals surface area contributed by atoms with Gasteiger partial charge in [0.1, 0.15) is 11.6 Å².